The molecule has 1 rings (SSSR count). The Hall–Kier alpha value is 0.240. The third-order valence-corrected chi connectivity index (χ3v) is 3.21. The quantitative estimate of drug-likeness (QED) is 0.463. The first-order valence-corrected chi connectivity index (χ1v) is 6.19. The van der Waals surface area contributed by atoms with Gasteiger partial charge in [0.05, 0.1) is 7.14 Å². The average molecular weight is 420 g/mol. The Bertz CT molecular complexity index is 315. The van der Waals surface area contributed by atoms with Gasteiger partial charge in [-0.2, -0.15) is 0 Å². The molecule has 0 fully saturated rings. The Kier molecular flexibility index (Phi) is 5.24. The van der Waals surface area contributed by atoms with E-state index in [2.05, 4.69) is 45.2 Å². The van der Waals surface area contributed by atoms with Crippen LogP contribution in [-0.2, 0) is 4.74 Å². The molecular formula is C9H10I2O3. The molecule has 1 aromatic carbocycles. The molecule has 0 unspecified atom stereocenters. The summed E-state index contributed by atoms with van der Waals surface area (Å²) >= 11 is 4.16. The van der Waals surface area contributed by atoms with E-state index in [-0.39, 0.29) is 12.5 Å². The Labute approximate surface area is 110 Å². The molecule has 0 bridgehead atoms. The van der Waals surface area contributed by atoms with Crippen molar-refractivity contribution in [3.8, 4) is 11.5 Å². The standard InChI is InChI=1S/C9H10I2O3/c1-2-13-5-14-9-4-6(10)8(12)3-7(9)11/h3-4,12H,2,5H2,1H3. The fourth-order valence-corrected chi connectivity index (χ4v) is 1.86. The second-order valence-corrected chi connectivity index (χ2v) is 4.81. The molecular weight excluding hydrogens is 410 g/mol. The maximum atomic E-state index is 9.40. The lowest BCUT2D eigenvalue weighted by Gasteiger charge is -2.09. The number of phenolic OH excluding ortho intramolecular Hbond substituents is 1. The Balaban J connectivity index is 2.72. The second-order valence-electron chi connectivity index (χ2n) is 2.49. The van der Waals surface area contributed by atoms with E-state index in [9.17, 15) is 5.11 Å². The highest BCUT2D eigenvalue weighted by molar-refractivity contribution is 14.1. The lowest BCUT2D eigenvalue weighted by atomic mass is 10.3. The van der Waals surface area contributed by atoms with Crippen LogP contribution in [0.4, 0.5) is 0 Å². The van der Waals surface area contributed by atoms with Crippen molar-refractivity contribution in [2.45, 2.75) is 6.92 Å². The van der Waals surface area contributed by atoms with Crippen LogP contribution in [0.2, 0.25) is 0 Å². The van der Waals surface area contributed by atoms with Crippen LogP contribution < -0.4 is 4.74 Å². The summed E-state index contributed by atoms with van der Waals surface area (Å²) < 4.78 is 12.1. The summed E-state index contributed by atoms with van der Waals surface area (Å²) in [6.07, 6.45) is 0. The van der Waals surface area contributed by atoms with Crippen molar-refractivity contribution in [3.63, 3.8) is 0 Å². The number of rotatable bonds is 4. The monoisotopic (exact) mass is 420 g/mol. The first kappa shape index (κ1) is 12.3. The van der Waals surface area contributed by atoms with Crippen molar-refractivity contribution < 1.29 is 14.6 Å². The van der Waals surface area contributed by atoms with Gasteiger partial charge in [0.25, 0.3) is 0 Å². The van der Waals surface area contributed by atoms with Crippen LogP contribution in [-0.4, -0.2) is 18.5 Å². The lowest BCUT2D eigenvalue weighted by molar-refractivity contribution is 0.0218. The molecule has 0 aromatic heterocycles. The summed E-state index contributed by atoms with van der Waals surface area (Å²) in [5.41, 5.74) is 0. The third-order valence-electron chi connectivity index (χ3n) is 1.50. The minimum Gasteiger partial charge on any atom is -0.507 e. The van der Waals surface area contributed by atoms with Crippen LogP contribution >= 0.6 is 45.2 Å². The molecule has 0 aliphatic carbocycles. The molecule has 5 heteroatoms. The zero-order valence-corrected chi connectivity index (χ0v) is 11.9. The summed E-state index contributed by atoms with van der Waals surface area (Å²) in [6.45, 7) is 2.79. The highest BCUT2D eigenvalue weighted by Crippen LogP contribution is 2.30. The molecule has 0 spiro atoms. The fraction of sp³-hybridized carbons (Fsp3) is 0.333. The van der Waals surface area contributed by atoms with E-state index < -0.39 is 0 Å². The van der Waals surface area contributed by atoms with Gasteiger partial charge < -0.3 is 14.6 Å². The predicted molar refractivity (Wildman–Crippen MR) is 70.7 cm³/mol. The lowest BCUT2D eigenvalue weighted by Crippen LogP contribution is -2.03. The van der Waals surface area contributed by atoms with Crippen molar-refractivity contribution in [2.75, 3.05) is 13.4 Å². The zero-order chi connectivity index (χ0) is 10.6. The van der Waals surface area contributed by atoms with Crippen LogP contribution in [0.25, 0.3) is 0 Å². The summed E-state index contributed by atoms with van der Waals surface area (Å²) in [5.74, 6) is 1.01. The van der Waals surface area contributed by atoms with E-state index in [1.54, 1.807) is 12.1 Å². The van der Waals surface area contributed by atoms with Crippen molar-refractivity contribution in [1.29, 1.82) is 0 Å². The minimum absolute atomic E-state index is 0.243. The molecule has 0 atom stereocenters. The zero-order valence-electron chi connectivity index (χ0n) is 7.59. The van der Waals surface area contributed by atoms with Crippen molar-refractivity contribution >= 4 is 45.2 Å². The van der Waals surface area contributed by atoms with E-state index in [0.717, 1.165) is 12.9 Å². The highest BCUT2D eigenvalue weighted by atomic mass is 127. The molecule has 1 N–H and O–H groups in total. The topological polar surface area (TPSA) is 38.7 Å². The van der Waals surface area contributed by atoms with Crippen LogP contribution in [0.5, 0.6) is 11.5 Å². The number of phenols is 1. The molecule has 14 heavy (non-hydrogen) atoms. The number of benzene rings is 1. The van der Waals surface area contributed by atoms with Gasteiger partial charge in [-0.05, 0) is 64.2 Å². The Morgan fingerprint density at radius 1 is 1.29 bits per heavy atom. The molecule has 0 aliphatic heterocycles. The fourth-order valence-electron chi connectivity index (χ4n) is 0.817. The van der Waals surface area contributed by atoms with E-state index >= 15 is 0 Å². The third kappa shape index (κ3) is 3.43. The number of aromatic hydroxyl groups is 1. The largest absolute Gasteiger partial charge is 0.507 e. The maximum Gasteiger partial charge on any atom is 0.189 e. The summed E-state index contributed by atoms with van der Waals surface area (Å²) in [6, 6.07) is 3.46. The first-order chi connectivity index (χ1) is 6.65. The van der Waals surface area contributed by atoms with Gasteiger partial charge in [0.15, 0.2) is 6.79 Å². The van der Waals surface area contributed by atoms with Crippen LogP contribution in [0.15, 0.2) is 12.1 Å². The molecule has 0 amide bonds. The molecule has 0 radical (unpaired) electrons. The average Bonchev–Trinajstić information content (AvgIpc) is 2.14. The number of halogens is 2. The SMILES string of the molecule is CCOCOc1cc(I)c(O)cc1I. The Morgan fingerprint density at radius 2 is 2.00 bits per heavy atom. The first-order valence-electron chi connectivity index (χ1n) is 4.03. The molecule has 3 nitrogen and oxygen atoms in total. The minimum atomic E-state index is 0.243. The molecule has 0 aliphatic rings. The summed E-state index contributed by atoms with van der Waals surface area (Å²) in [5, 5.41) is 9.40. The second kappa shape index (κ2) is 5.96. The van der Waals surface area contributed by atoms with Gasteiger partial charge in [-0.15, -0.1) is 0 Å². The normalized spacial score (nSPS) is 10.2. The molecule has 0 heterocycles. The van der Waals surface area contributed by atoms with Crippen molar-refractivity contribution in [2.24, 2.45) is 0 Å². The van der Waals surface area contributed by atoms with Gasteiger partial charge in [0.1, 0.15) is 11.5 Å². The molecule has 0 saturated heterocycles. The van der Waals surface area contributed by atoms with Gasteiger partial charge in [-0.1, -0.05) is 0 Å². The van der Waals surface area contributed by atoms with E-state index in [0.29, 0.717) is 6.61 Å². The molecule has 78 valence electrons. The van der Waals surface area contributed by atoms with Crippen molar-refractivity contribution in [3.05, 3.63) is 19.3 Å². The number of ether oxygens (including phenoxy) is 2. The molecule has 0 saturated carbocycles. The van der Waals surface area contributed by atoms with Crippen molar-refractivity contribution in [1.82, 2.24) is 0 Å². The van der Waals surface area contributed by atoms with Gasteiger partial charge in [-0.25, -0.2) is 0 Å². The smallest absolute Gasteiger partial charge is 0.189 e. The highest BCUT2D eigenvalue weighted by Gasteiger charge is 2.06. The van der Waals surface area contributed by atoms with Crippen LogP contribution in [0.1, 0.15) is 6.92 Å². The van der Waals surface area contributed by atoms with Gasteiger partial charge in [-0.3, -0.25) is 0 Å². The van der Waals surface area contributed by atoms with Crippen LogP contribution in [0.3, 0.4) is 0 Å². The van der Waals surface area contributed by atoms with E-state index in [1.807, 2.05) is 6.92 Å². The predicted octanol–water partition coefficient (Wildman–Crippen LogP) is 2.97. The number of hydrogen-bond acceptors (Lipinski definition) is 3. The van der Waals surface area contributed by atoms with Gasteiger partial charge >= 0.3 is 0 Å². The maximum absolute atomic E-state index is 9.40. The Morgan fingerprint density at radius 3 is 2.64 bits per heavy atom. The number of hydrogen-bond donors (Lipinski definition) is 1. The van der Waals surface area contributed by atoms with E-state index in [4.69, 9.17) is 9.47 Å². The van der Waals surface area contributed by atoms with Gasteiger partial charge in [0.2, 0.25) is 0 Å². The summed E-state index contributed by atoms with van der Waals surface area (Å²) in [7, 11) is 0. The summed E-state index contributed by atoms with van der Waals surface area (Å²) in [4.78, 5) is 0. The van der Waals surface area contributed by atoms with Crippen LogP contribution in [0, 0.1) is 7.14 Å². The molecule has 1 aromatic rings. The van der Waals surface area contributed by atoms with E-state index in [1.165, 1.54) is 0 Å². The van der Waals surface area contributed by atoms with Gasteiger partial charge in [0, 0.05) is 6.61 Å².